The molecule has 33 heavy (non-hydrogen) atoms. The zero-order chi connectivity index (χ0) is 23.0. The van der Waals surface area contributed by atoms with Gasteiger partial charge >= 0.3 is 6.18 Å². The number of alkyl halides is 3. The van der Waals surface area contributed by atoms with Gasteiger partial charge in [-0.3, -0.25) is 14.6 Å². The summed E-state index contributed by atoms with van der Waals surface area (Å²) >= 11 is 0. The molecule has 0 aromatic heterocycles. The van der Waals surface area contributed by atoms with E-state index < -0.39 is 11.7 Å². The highest BCUT2D eigenvalue weighted by Gasteiger charge is 2.40. The van der Waals surface area contributed by atoms with E-state index in [1.54, 1.807) is 0 Å². The van der Waals surface area contributed by atoms with Gasteiger partial charge in [0.05, 0.1) is 5.56 Å². The predicted octanol–water partition coefficient (Wildman–Crippen LogP) is 4.20. The van der Waals surface area contributed by atoms with Gasteiger partial charge in [-0.1, -0.05) is 24.3 Å². The summed E-state index contributed by atoms with van der Waals surface area (Å²) in [5.74, 6) is 1.01. The number of nitrogens with one attached hydrogen (secondary N) is 1. The molecule has 0 saturated carbocycles. The molecule has 6 rings (SSSR count). The molecule has 176 valence electrons. The van der Waals surface area contributed by atoms with Crippen LogP contribution >= 0.6 is 0 Å². The van der Waals surface area contributed by atoms with E-state index in [9.17, 15) is 18.0 Å². The average Bonchev–Trinajstić information content (AvgIpc) is 2.82. The maximum absolute atomic E-state index is 12.7. The van der Waals surface area contributed by atoms with Crippen molar-refractivity contribution in [2.75, 3.05) is 32.7 Å². The molecule has 0 radical (unpaired) electrons. The highest BCUT2D eigenvalue weighted by Crippen LogP contribution is 2.37. The van der Waals surface area contributed by atoms with Gasteiger partial charge in [0.1, 0.15) is 0 Å². The van der Waals surface area contributed by atoms with Gasteiger partial charge in [0, 0.05) is 44.3 Å². The first-order valence-corrected chi connectivity index (χ1v) is 11.9. The highest BCUT2D eigenvalue weighted by atomic mass is 19.4. The van der Waals surface area contributed by atoms with Gasteiger partial charge in [-0.25, -0.2) is 0 Å². The Morgan fingerprint density at radius 3 is 2.48 bits per heavy atom. The first kappa shape index (κ1) is 22.4. The van der Waals surface area contributed by atoms with Gasteiger partial charge in [-0.05, 0) is 73.0 Å². The molecule has 2 aromatic rings. The lowest BCUT2D eigenvalue weighted by Gasteiger charge is -2.51. The highest BCUT2D eigenvalue weighted by molar-refractivity contribution is 5.94. The van der Waals surface area contributed by atoms with E-state index >= 15 is 0 Å². The smallest absolute Gasteiger partial charge is 0.350 e. The van der Waals surface area contributed by atoms with Crippen molar-refractivity contribution in [1.82, 2.24) is 15.1 Å². The van der Waals surface area contributed by atoms with Crippen molar-refractivity contribution in [3.05, 3.63) is 70.8 Å². The molecule has 4 atom stereocenters. The van der Waals surface area contributed by atoms with E-state index in [1.165, 1.54) is 29.7 Å². The summed E-state index contributed by atoms with van der Waals surface area (Å²) in [6.07, 6.45) is -0.992. The molecule has 3 fully saturated rings. The van der Waals surface area contributed by atoms with Crippen molar-refractivity contribution >= 4 is 5.91 Å². The van der Waals surface area contributed by atoms with Crippen molar-refractivity contribution in [3.8, 4) is 0 Å². The molecular formula is C26H30F3N3O. The third kappa shape index (κ3) is 4.94. The Balaban J connectivity index is 1.12. The molecule has 7 heteroatoms. The Morgan fingerprint density at radius 1 is 1.03 bits per heavy atom. The monoisotopic (exact) mass is 457 g/mol. The summed E-state index contributed by atoms with van der Waals surface area (Å²) in [6, 6.07) is 13.5. The minimum Gasteiger partial charge on any atom is -0.350 e. The number of hydrogen-bond donors (Lipinski definition) is 1. The molecule has 2 aromatic carbocycles. The molecule has 0 spiro atoms. The standard InChI is InChI=1S/C26H30F3N3O/c27-26(28,29)23-7-5-19(6-8-23)25(33)30-14-24-13-20-10-12-32(24)17-22(20)16-31-11-9-18-3-1-2-4-21(18)15-31/h1-8,20,22,24H,9-17H2,(H,30,33). The van der Waals surface area contributed by atoms with Crippen LogP contribution in [0.5, 0.6) is 0 Å². The van der Waals surface area contributed by atoms with Crippen LogP contribution in [0.15, 0.2) is 48.5 Å². The Kier molecular flexibility index (Phi) is 6.18. The third-order valence-electron chi connectivity index (χ3n) is 7.69. The molecule has 4 heterocycles. The number of nitrogens with zero attached hydrogens (tertiary/aromatic N) is 2. The van der Waals surface area contributed by atoms with Gasteiger partial charge in [0.15, 0.2) is 0 Å². The second kappa shape index (κ2) is 9.11. The second-order valence-electron chi connectivity index (χ2n) is 9.73. The number of piperidine rings is 3. The molecule has 4 aliphatic rings. The predicted molar refractivity (Wildman–Crippen MR) is 121 cm³/mol. The van der Waals surface area contributed by atoms with Crippen LogP contribution in [0.2, 0.25) is 0 Å². The quantitative estimate of drug-likeness (QED) is 0.731. The third-order valence-corrected chi connectivity index (χ3v) is 7.69. The Hall–Kier alpha value is -2.38. The summed E-state index contributed by atoms with van der Waals surface area (Å²) in [7, 11) is 0. The summed E-state index contributed by atoms with van der Waals surface area (Å²) < 4.78 is 38.2. The number of halogens is 3. The molecular weight excluding hydrogens is 427 g/mol. The summed E-state index contributed by atoms with van der Waals surface area (Å²) in [6.45, 7) is 5.94. The zero-order valence-corrected chi connectivity index (χ0v) is 18.7. The van der Waals surface area contributed by atoms with Crippen molar-refractivity contribution in [1.29, 1.82) is 0 Å². The molecule has 1 N–H and O–H groups in total. The van der Waals surface area contributed by atoms with Crippen molar-refractivity contribution in [2.45, 2.75) is 38.0 Å². The fourth-order valence-corrected chi connectivity index (χ4v) is 5.83. The van der Waals surface area contributed by atoms with E-state index in [4.69, 9.17) is 0 Å². The zero-order valence-electron chi connectivity index (χ0n) is 18.7. The lowest BCUT2D eigenvalue weighted by atomic mass is 9.75. The first-order valence-electron chi connectivity index (χ1n) is 11.9. The fraction of sp³-hybridized carbons (Fsp3) is 0.500. The normalized spacial score (nSPS) is 27.2. The largest absolute Gasteiger partial charge is 0.416 e. The SMILES string of the molecule is O=C(NCC1CC2CCN1CC2CN1CCc2ccccc2C1)c1ccc(C(F)(F)F)cc1. The van der Waals surface area contributed by atoms with E-state index in [0.717, 1.165) is 57.7 Å². The van der Waals surface area contributed by atoms with Crippen molar-refractivity contribution in [2.24, 2.45) is 11.8 Å². The maximum Gasteiger partial charge on any atom is 0.416 e. The molecule has 3 saturated heterocycles. The van der Waals surface area contributed by atoms with E-state index in [0.29, 0.717) is 24.4 Å². The molecule has 4 aliphatic heterocycles. The topological polar surface area (TPSA) is 35.6 Å². The van der Waals surface area contributed by atoms with Crippen LogP contribution in [0, 0.1) is 11.8 Å². The molecule has 1 amide bonds. The molecule has 4 nitrogen and oxygen atoms in total. The van der Waals surface area contributed by atoms with Crippen LogP contribution in [0.4, 0.5) is 13.2 Å². The average molecular weight is 458 g/mol. The van der Waals surface area contributed by atoms with Gasteiger partial charge in [0.2, 0.25) is 0 Å². The van der Waals surface area contributed by atoms with Crippen LogP contribution in [0.3, 0.4) is 0 Å². The van der Waals surface area contributed by atoms with Crippen LogP contribution in [-0.2, 0) is 19.1 Å². The minimum absolute atomic E-state index is 0.266. The summed E-state index contributed by atoms with van der Waals surface area (Å²) in [4.78, 5) is 17.6. The van der Waals surface area contributed by atoms with Crippen LogP contribution in [0.1, 0.15) is 39.9 Å². The second-order valence-corrected chi connectivity index (χ2v) is 9.73. The number of carbonyl (C=O) groups is 1. The first-order chi connectivity index (χ1) is 15.9. The lowest BCUT2D eigenvalue weighted by molar-refractivity contribution is -0.137. The number of amides is 1. The number of carbonyl (C=O) groups excluding carboxylic acids is 1. The van der Waals surface area contributed by atoms with Gasteiger partial charge < -0.3 is 5.32 Å². The Labute approximate surface area is 192 Å². The number of rotatable bonds is 5. The lowest BCUT2D eigenvalue weighted by Crippen LogP contribution is -2.58. The minimum atomic E-state index is -4.39. The Bertz CT molecular complexity index is 991. The van der Waals surface area contributed by atoms with Crippen LogP contribution < -0.4 is 5.32 Å². The van der Waals surface area contributed by atoms with Crippen molar-refractivity contribution < 1.29 is 18.0 Å². The van der Waals surface area contributed by atoms with Gasteiger partial charge in [0.25, 0.3) is 5.91 Å². The van der Waals surface area contributed by atoms with Crippen LogP contribution in [-0.4, -0.2) is 54.5 Å². The van der Waals surface area contributed by atoms with Gasteiger partial charge in [-0.15, -0.1) is 0 Å². The summed E-state index contributed by atoms with van der Waals surface area (Å²) in [5, 5.41) is 2.95. The van der Waals surface area contributed by atoms with E-state index in [-0.39, 0.29) is 11.5 Å². The number of hydrogen-bond acceptors (Lipinski definition) is 3. The molecule has 4 unspecified atom stereocenters. The number of fused-ring (bicyclic) bond motifs is 4. The number of benzene rings is 2. The van der Waals surface area contributed by atoms with Crippen molar-refractivity contribution in [3.63, 3.8) is 0 Å². The summed E-state index contributed by atoms with van der Waals surface area (Å²) in [5.41, 5.74) is 2.46. The van der Waals surface area contributed by atoms with Gasteiger partial charge in [-0.2, -0.15) is 13.2 Å². The maximum atomic E-state index is 12.7. The molecule has 2 bridgehead atoms. The fourth-order valence-electron chi connectivity index (χ4n) is 5.83. The van der Waals surface area contributed by atoms with E-state index in [1.807, 2.05) is 0 Å². The van der Waals surface area contributed by atoms with Crippen LogP contribution in [0.25, 0.3) is 0 Å². The van der Waals surface area contributed by atoms with E-state index in [2.05, 4.69) is 39.4 Å². The molecule has 0 aliphatic carbocycles. The Morgan fingerprint density at radius 2 is 1.79 bits per heavy atom.